The molecule has 2 aromatic carbocycles. The number of ketones is 1. The number of furan rings is 1. The maximum atomic E-state index is 13.9. The van der Waals surface area contributed by atoms with E-state index < -0.39 is 23.3 Å². The lowest BCUT2D eigenvalue weighted by Crippen LogP contribution is -2.04. The molecule has 0 saturated carbocycles. The summed E-state index contributed by atoms with van der Waals surface area (Å²) in [5.74, 6) is -2.82. The number of hydrogen-bond donors (Lipinski definition) is 1. The molecule has 0 saturated heterocycles. The zero-order valence-electron chi connectivity index (χ0n) is 13.0. The van der Waals surface area contributed by atoms with Crippen molar-refractivity contribution in [2.45, 2.75) is 6.92 Å². The van der Waals surface area contributed by atoms with E-state index in [1.807, 2.05) is 0 Å². The van der Waals surface area contributed by atoms with E-state index in [-0.39, 0.29) is 34.1 Å². The van der Waals surface area contributed by atoms with Gasteiger partial charge in [0.2, 0.25) is 5.76 Å². The number of aromatic hydroxyl groups is 1. The summed E-state index contributed by atoms with van der Waals surface area (Å²) in [6, 6.07) is 8.03. The first-order chi connectivity index (χ1) is 11.9. The van der Waals surface area contributed by atoms with Crippen LogP contribution in [-0.2, 0) is 4.74 Å². The van der Waals surface area contributed by atoms with Crippen LogP contribution in [-0.4, -0.2) is 23.5 Å². The molecule has 0 bridgehead atoms. The predicted molar refractivity (Wildman–Crippen MR) is 88.7 cm³/mol. The third-order valence-electron chi connectivity index (χ3n) is 3.56. The third kappa shape index (κ3) is 2.96. The molecule has 1 aromatic heterocycles. The number of halogens is 2. The number of carbonyl (C=O) groups is 2. The van der Waals surface area contributed by atoms with Crippen molar-refractivity contribution in [3.05, 3.63) is 64.1 Å². The first kappa shape index (κ1) is 17.0. The van der Waals surface area contributed by atoms with Crippen LogP contribution in [0.15, 0.2) is 40.8 Å². The Morgan fingerprint density at radius 3 is 2.64 bits per heavy atom. The van der Waals surface area contributed by atoms with Gasteiger partial charge < -0.3 is 14.3 Å². The minimum atomic E-state index is -0.738. The van der Waals surface area contributed by atoms with Gasteiger partial charge in [-0.2, -0.15) is 0 Å². The van der Waals surface area contributed by atoms with Crippen molar-refractivity contribution in [1.29, 1.82) is 0 Å². The number of fused-ring (bicyclic) bond motifs is 1. The molecular formula is C18H12ClFO5. The number of carbonyl (C=O) groups excluding carboxylic acids is 2. The fourth-order valence-electron chi connectivity index (χ4n) is 2.40. The highest BCUT2D eigenvalue weighted by Crippen LogP contribution is 2.38. The van der Waals surface area contributed by atoms with Crippen molar-refractivity contribution in [2.75, 3.05) is 6.61 Å². The Bertz CT molecular complexity index is 993. The van der Waals surface area contributed by atoms with Crippen LogP contribution in [0, 0.1) is 5.82 Å². The molecule has 0 aliphatic carbocycles. The van der Waals surface area contributed by atoms with E-state index in [0.717, 1.165) is 6.07 Å². The van der Waals surface area contributed by atoms with Crippen LogP contribution in [0.4, 0.5) is 4.39 Å². The van der Waals surface area contributed by atoms with Gasteiger partial charge in [0, 0.05) is 5.39 Å². The summed E-state index contributed by atoms with van der Waals surface area (Å²) in [7, 11) is 0. The fraction of sp³-hybridized carbons (Fsp3) is 0.111. The van der Waals surface area contributed by atoms with E-state index in [9.17, 15) is 19.1 Å². The molecule has 7 heteroatoms. The number of esters is 1. The van der Waals surface area contributed by atoms with Gasteiger partial charge in [-0.25, -0.2) is 9.18 Å². The number of hydrogen-bond acceptors (Lipinski definition) is 5. The SMILES string of the molecule is CCOC(=O)c1cc2cc(C(=O)c3ccccc3F)c(O)c(Cl)c2o1. The lowest BCUT2D eigenvalue weighted by molar-refractivity contribution is 0.0492. The Morgan fingerprint density at radius 1 is 1.24 bits per heavy atom. The van der Waals surface area contributed by atoms with Crippen LogP contribution in [0.25, 0.3) is 11.0 Å². The Balaban J connectivity index is 2.14. The van der Waals surface area contributed by atoms with E-state index >= 15 is 0 Å². The van der Waals surface area contributed by atoms with Crippen molar-refractivity contribution in [3.8, 4) is 5.75 Å². The first-order valence-corrected chi connectivity index (χ1v) is 7.73. The number of ether oxygens (including phenoxy) is 1. The molecule has 3 rings (SSSR count). The highest BCUT2D eigenvalue weighted by Gasteiger charge is 2.24. The van der Waals surface area contributed by atoms with Gasteiger partial charge in [-0.05, 0) is 31.2 Å². The molecule has 0 atom stereocenters. The second-order valence-corrected chi connectivity index (χ2v) is 5.52. The topological polar surface area (TPSA) is 76.7 Å². The Morgan fingerprint density at radius 2 is 1.96 bits per heavy atom. The van der Waals surface area contributed by atoms with Crippen LogP contribution < -0.4 is 0 Å². The van der Waals surface area contributed by atoms with E-state index in [0.29, 0.717) is 5.39 Å². The van der Waals surface area contributed by atoms with Gasteiger partial charge in [-0.3, -0.25) is 4.79 Å². The average Bonchev–Trinajstić information content (AvgIpc) is 3.03. The van der Waals surface area contributed by atoms with Gasteiger partial charge in [0.15, 0.2) is 11.4 Å². The summed E-state index contributed by atoms with van der Waals surface area (Å²) in [6.45, 7) is 1.80. The normalized spacial score (nSPS) is 10.8. The van der Waals surface area contributed by atoms with E-state index in [1.165, 1.54) is 30.3 Å². The summed E-state index contributed by atoms with van der Waals surface area (Å²) < 4.78 is 24.0. The van der Waals surface area contributed by atoms with E-state index in [4.69, 9.17) is 20.8 Å². The molecule has 128 valence electrons. The number of phenolic OH excluding ortho intramolecular Hbond substituents is 1. The third-order valence-corrected chi connectivity index (χ3v) is 3.91. The molecule has 0 unspecified atom stereocenters. The summed E-state index contributed by atoms with van der Waals surface area (Å²) in [4.78, 5) is 24.3. The van der Waals surface area contributed by atoms with Crippen LogP contribution in [0.5, 0.6) is 5.75 Å². The van der Waals surface area contributed by atoms with Crippen molar-refractivity contribution >= 4 is 34.3 Å². The molecule has 0 fully saturated rings. The fourth-order valence-corrected chi connectivity index (χ4v) is 2.65. The van der Waals surface area contributed by atoms with Gasteiger partial charge in [-0.15, -0.1) is 0 Å². The number of phenols is 1. The Hall–Kier alpha value is -2.86. The van der Waals surface area contributed by atoms with Crippen LogP contribution >= 0.6 is 11.6 Å². The van der Waals surface area contributed by atoms with Gasteiger partial charge >= 0.3 is 5.97 Å². The molecule has 1 heterocycles. The van der Waals surface area contributed by atoms with E-state index in [1.54, 1.807) is 6.92 Å². The maximum Gasteiger partial charge on any atom is 0.374 e. The van der Waals surface area contributed by atoms with E-state index in [2.05, 4.69) is 0 Å². The van der Waals surface area contributed by atoms with Crippen molar-refractivity contribution in [2.24, 2.45) is 0 Å². The molecule has 0 aliphatic heterocycles. The molecule has 0 aliphatic rings. The molecule has 0 amide bonds. The molecule has 1 N–H and O–H groups in total. The summed E-state index contributed by atoms with van der Waals surface area (Å²) in [5, 5.41) is 10.3. The number of rotatable bonds is 4. The number of benzene rings is 2. The highest BCUT2D eigenvalue weighted by molar-refractivity contribution is 6.37. The monoisotopic (exact) mass is 362 g/mol. The smallest absolute Gasteiger partial charge is 0.374 e. The molecule has 0 radical (unpaired) electrons. The quantitative estimate of drug-likeness (QED) is 0.552. The highest BCUT2D eigenvalue weighted by atomic mass is 35.5. The summed E-state index contributed by atoms with van der Waals surface area (Å²) in [6.07, 6.45) is 0. The first-order valence-electron chi connectivity index (χ1n) is 7.35. The minimum absolute atomic E-state index is 0.0345. The molecular weight excluding hydrogens is 351 g/mol. The van der Waals surface area contributed by atoms with Gasteiger partial charge in [0.25, 0.3) is 0 Å². The molecule has 5 nitrogen and oxygen atoms in total. The lowest BCUT2D eigenvalue weighted by Gasteiger charge is -2.07. The van der Waals surface area contributed by atoms with Crippen LogP contribution in [0.2, 0.25) is 5.02 Å². The zero-order valence-corrected chi connectivity index (χ0v) is 13.8. The Kier molecular flexibility index (Phi) is 4.46. The minimum Gasteiger partial charge on any atom is -0.505 e. The second kappa shape index (κ2) is 6.57. The molecule has 0 spiro atoms. The second-order valence-electron chi connectivity index (χ2n) is 5.15. The van der Waals surface area contributed by atoms with Gasteiger partial charge in [-0.1, -0.05) is 23.7 Å². The Labute approximate surface area is 146 Å². The lowest BCUT2D eigenvalue weighted by atomic mass is 10.0. The predicted octanol–water partition coefficient (Wildman–Crippen LogP) is 4.34. The van der Waals surface area contributed by atoms with Crippen LogP contribution in [0.1, 0.15) is 33.4 Å². The standard InChI is InChI=1S/C18H12ClFO5/c1-2-24-18(23)13-8-9-7-11(16(22)14(19)17(9)25-13)15(21)10-5-3-4-6-12(10)20/h3-8,22H,2H2,1H3. The molecule has 3 aromatic rings. The zero-order chi connectivity index (χ0) is 18.1. The summed E-state index contributed by atoms with van der Waals surface area (Å²) in [5.41, 5.74) is -0.367. The van der Waals surface area contributed by atoms with Gasteiger partial charge in [0.1, 0.15) is 16.6 Å². The van der Waals surface area contributed by atoms with Crippen molar-refractivity contribution in [3.63, 3.8) is 0 Å². The summed E-state index contributed by atoms with van der Waals surface area (Å²) >= 11 is 6.06. The van der Waals surface area contributed by atoms with Crippen molar-refractivity contribution in [1.82, 2.24) is 0 Å². The van der Waals surface area contributed by atoms with Crippen molar-refractivity contribution < 1.29 is 28.2 Å². The van der Waals surface area contributed by atoms with Crippen LogP contribution in [0.3, 0.4) is 0 Å². The average molecular weight is 363 g/mol. The largest absolute Gasteiger partial charge is 0.505 e. The maximum absolute atomic E-state index is 13.9. The molecule has 25 heavy (non-hydrogen) atoms. The van der Waals surface area contributed by atoms with Gasteiger partial charge in [0.05, 0.1) is 17.7 Å².